The molecule has 2 bridgehead atoms. The van der Waals surface area contributed by atoms with Crippen molar-refractivity contribution in [1.29, 1.82) is 0 Å². The van der Waals surface area contributed by atoms with Gasteiger partial charge in [-0.3, -0.25) is 4.90 Å². The molecule has 16 nitrogen and oxygen atoms in total. The molecule has 4 N–H and O–H groups in total. The normalized spacial score (nSPS) is 25.5. The zero-order valence-corrected chi connectivity index (χ0v) is 30.0. The van der Waals surface area contributed by atoms with Crippen LogP contribution in [0, 0.1) is 0 Å². The van der Waals surface area contributed by atoms with Crippen LogP contribution in [0.4, 0.5) is 0 Å². The molecule has 2 heterocycles. The van der Waals surface area contributed by atoms with Gasteiger partial charge in [0.05, 0.1) is 110 Å². The number of piperidine rings is 1. The number of phenolic OH excluding ortho intramolecular Hbond substituents is 1. The van der Waals surface area contributed by atoms with Crippen LogP contribution in [0.2, 0.25) is 0 Å². The molecule has 1 saturated heterocycles. The van der Waals surface area contributed by atoms with Crippen molar-refractivity contribution < 1.29 is 72.6 Å². The Morgan fingerprint density at radius 3 is 1.87 bits per heavy atom. The van der Waals surface area contributed by atoms with Crippen molar-refractivity contribution >= 4 is 11.9 Å². The van der Waals surface area contributed by atoms with E-state index in [1.165, 1.54) is 0 Å². The average Bonchev–Trinajstić information content (AvgIpc) is 3.48. The highest BCUT2D eigenvalue weighted by Gasteiger charge is 2.73. The van der Waals surface area contributed by atoms with Crippen molar-refractivity contribution in [3.05, 3.63) is 35.9 Å². The summed E-state index contributed by atoms with van der Waals surface area (Å²) in [7, 11) is 1.65. The van der Waals surface area contributed by atoms with Gasteiger partial charge in [0.15, 0.2) is 11.5 Å². The van der Waals surface area contributed by atoms with Crippen molar-refractivity contribution in [2.45, 2.75) is 54.9 Å². The number of carboxylic acids is 2. The first-order valence-corrected chi connectivity index (χ1v) is 17.8. The molecule has 1 spiro atoms. The highest BCUT2D eigenvalue weighted by atomic mass is 16.6. The average molecular weight is 742 g/mol. The molecule has 2 aliphatic carbocycles. The Hall–Kier alpha value is -2.90. The number of benzene rings is 1. The van der Waals surface area contributed by atoms with Crippen LogP contribution in [-0.2, 0) is 59.3 Å². The van der Waals surface area contributed by atoms with E-state index in [1.54, 1.807) is 13.2 Å². The van der Waals surface area contributed by atoms with E-state index in [0.717, 1.165) is 37.1 Å². The fraction of sp³-hybridized carbons (Fsp3) is 0.722. The molecule has 0 radical (unpaired) electrons. The second-order valence-corrected chi connectivity index (χ2v) is 12.9. The molecule has 1 aromatic rings. The van der Waals surface area contributed by atoms with Crippen LogP contribution in [0.1, 0.15) is 30.4 Å². The summed E-state index contributed by atoms with van der Waals surface area (Å²) in [6, 6.07) is 3.69. The van der Waals surface area contributed by atoms with E-state index in [1.807, 2.05) is 12.1 Å². The van der Waals surface area contributed by atoms with Crippen molar-refractivity contribution in [1.82, 2.24) is 4.90 Å². The lowest BCUT2D eigenvalue weighted by molar-refractivity contribution is -0.215. The van der Waals surface area contributed by atoms with Crippen molar-refractivity contribution in [2.75, 3.05) is 113 Å². The fourth-order valence-corrected chi connectivity index (χ4v) is 7.74. The van der Waals surface area contributed by atoms with Gasteiger partial charge < -0.3 is 63.1 Å². The largest absolute Gasteiger partial charge is 0.504 e. The van der Waals surface area contributed by atoms with Gasteiger partial charge in [0, 0.05) is 25.3 Å². The van der Waals surface area contributed by atoms with Gasteiger partial charge in [0.25, 0.3) is 0 Å². The zero-order valence-electron chi connectivity index (χ0n) is 30.0. The Balaban J connectivity index is 0.000000929. The number of methoxy groups -OCH3 is 1. The summed E-state index contributed by atoms with van der Waals surface area (Å²) in [6.45, 7) is 12.6. The van der Waals surface area contributed by atoms with Crippen molar-refractivity contribution in [2.24, 2.45) is 0 Å². The Kier molecular flexibility index (Phi) is 17.0. The molecular weight excluding hydrogens is 686 g/mol. The number of aliphatic carboxylic acids is 2. The zero-order chi connectivity index (χ0) is 37.4. The lowest BCUT2D eigenvalue weighted by Crippen LogP contribution is -2.77. The van der Waals surface area contributed by atoms with Gasteiger partial charge in [0.2, 0.25) is 0 Å². The summed E-state index contributed by atoms with van der Waals surface area (Å²) in [5.74, 6) is -2.99. The Labute approximate surface area is 304 Å². The maximum atomic E-state index is 12.4. The summed E-state index contributed by atoms with van der Waals surface area (Å²) >= 11 is 0. The van der Waals surface area contributed by atoms with Crippen LogP contribution >= 0.6 is 0 Å². The fourth-order valence-electron chi connectivity index (χ4n) is 7.74. The Morgan fingerprint density at radius 2 is 1.37 bits per heavy atom. The van der Waals surface area contributed by atoms with Crippen LogP contribution in [-0.4, -0.2) is 174 Å². The number of hydrogen-bond acceptors (Lipinski definition) is 14. The number of nitrogens with zero attached hydrogens (tertiary/aromatic N) is 1. The smallest absolute Gasteiger partial charge is 0.414 e. The number of ether oxygens (including phenoxy) is 9. The second kappa shape index (κ2) is 21.1. The lowest BCUT2D eigenvalue weighted by Gasteiger charge is -2.64. The van der Waals surface area contributed by atoms with E-state index in [-0.39, 0.29) is 24.0 Å². The number of aliphatic hydroxyl groups is 1. The third kappa shape index (κ3) is 10.2. The standard InChI is InChI=1S/C34H53NO11.C2H2O4/c1-3-9-35-10-8-33-30-26-4-5-27(36)31(30)46-32(33)28(6-7-34(33,37)29(35)25-26)45-24-23-44-22-21-43-20-19-42-18-17-41-16-15-40-14-13-39-12-11-38-2;3-1(4)2(5)6/h3-5,28-29,32,36-37H,1,6-25H2,2H3;(H,3,4)(H,5,6)/t28-,29-,32+,33+,34-;/m1./s1. The molecule has 294 valence electrons. The first-order chi connectivity index (χ1) is 25.2. The van der Waals surface area contributed by atoms with E-state index < -0.39 is 23.0 Å². The van der Waals surface area contributed by atoms with Gasteiger partial charge in [-0.05, 0) is 43.9 Å². The molecule has 0 amide bonds. The molecule has 16 heteroatoms. The molecule has 2 fully saturated rings. The molecule has 52 heavy (non-hydrogen) atoms. The van der Waals surface area contributed by atoms with E-state index in [2.05, 4.69) is 11.5 Å². The first-order valence-electron chi connectivity index (χ1n) is 17.8. The van der Waals surface area contributed by atoms with E-state index >= 15 is 0 Å². The number of aromatic hydroxyl groups is 1. The molecule has 5 rings (SSSR count). The van der Waals surface area contributed by atoms with E-state index in [4.69, 9.17) is 62.4 Å². The summed E-state index contributed by atoms with van der Waals surface area (Å²) in [5.41, 5.74) is 0.592. The van der Waals surface area contributed by atoms with Gasteiger partial charge in [-0.15, -0.1) is 6.58 Å². The SMILES string of the molecule is C=CCN1CC[C@]23c4c5ccc(O)c4O[C@H]2[C@H](OCCOCCOCCOCCOCCOCCOCCOC)CC[C@@]3(O)[C@H]1C5.O=C(O)C(=O)O. The first kappa shape index (κ1) is 41.9. The minimum Gasteiger partial charge on any atom is -0.504 e. The van der Waals surface area contributed by atoms with Crippen LogP contribution < -0.4 is 4.74 Å². The lowest BCUT2D eigenvalue weighted by atomic mass is 9.48. The molecular formula is C36H55NO15. The number of carbonyl (C=O) groups is 2. The predicted octanol–water partition coefficient (Wildman–Crippen LogP) is 1.02. The molecule has 0 aromatic heterocycles. The molecule has 1 saturated carbocycles. The summed E-state index contributed by atoms with van der Waals surface area (Å²) < 4.78 is 50.9. The predicted molar refractivity (Wildman–Crippen MR) is 184 cm³/mol. The number of hydrogen-bond donors (Lipinski definition) is 4. The van der Waals surface area contributed by atoms with Gasteiger partial charge >= 0.3 is 11.9 Å². The van der Waals surface area contributed by atoms with E-state index in [0.29, 0.717) is 111 Å². The summed E-state index contributed by atoms with van der Waals surface area (Å²) in [4.78, 5) is 20.6. The van der Waals surface area contributed by atoms with Crippen LogP contribution in [0.5, 0.6) is 11.5 Å². The molecule has 1 aromatic carbocycles. The van der Waals surface area contributed by atoms with Crippen LogP contribution in [0.15, 0.2) is 24.8 Å². The van der Waals surface area contributed by atoms with Crippen molar-refractivity contribution in [3.63, 3.8) is 0 Å². The van der Waals surface area contributed by atoms with E-state index in [9.17, 15) is 10.2 Å². The van der Waals surface area contributed by atoms with Gasteiger partial charge in [-0.2, -0.15) is 0 Å². The van der Waals surface area contributed by atoms with Crippen LogP contribution in [0.25, 0.3) is 0 Å². The highest BCUT2D eigenvalue weighted by molar-refractivity contribution is 6.27. The summed E-state index contributed by atoms with van der Waals surface area (Å²) in [6.07, 6.45) is 4.12. The minimum absolute atomic E-state index is 0.0238. The molecule has 2 aliphatic heterocycles. The number of rotatable bonds is 24. The third-order valence-electron chi connectivity index (χ3n) is 9.92. The summed E-state index contributed by atoms with van der Waals surface area (Å²) in [5, 5.41) is 37.9. The van der Waals surface area contributed by atoms with Gasteiger partial charge in [-0.1, -0.05) is 12.1 Å². The quantitative estimate of drug-likeness (QED) is 0.0664. The van der Waals surface area contributed by atoms with Crippen molar-refractivity contribution in [3.8, 4) is 11.5 Å². The monoisotopic (exact) mass is 741 g/mol. The number of carboxylic acid groups (broad SMARTS) is 2. The topological polar surface area (TPSA) is 201 Å². The number of likely N-dealkylation sites (tertiary alicyclic amines) is 1. The second-order valence-electron chi connectivity index (χ2n) is 12.9. The molecule has 5 atom stereocenters. The Bertz CT molecular complexity index is 1270. The van der Waals surface area contributed by atoms with Crippen LogP contribution in [0.3, 0.4) is 0 Å². The Morgan fingerprint density at radius 1 is 0.846 bits per heavy atom. The maximum absolute atomic E-state index is 12.4. The number of phenols is 1. The minimum atomic E-state index is -1.82. The molecule has 4 aliphatic rings. The van der Waals surface area contributed by atoms with Gasteiger partial charge in [-0.25, -0.2) is 9.59 Å². The third-order valence-corrected chi connectivity index (χ3v) is 9.92. The highest BCUT2D eigenvalue weighted by Crippen LogP contribution is 2.65. The molecule has 0 unspecified atom stereocenters. The van der Waals surface area contributed by atoms with Gasteiger partial charge in [0.1, 0.15) is 6.10 Å². The maximum Gasteiger partial charge on any atom is 0.414 e.